The van der Waals surface area contributed by atoms with Crippen molar-refractivity contribution >= 4 is 23.2 Å². The monoisotopic (exact) mass is 260 g/mol. The number of carbonyl (C=O) groups is 1. The number of aryl methyl sites for hydroxylation is 1. The third kappa shape index (κ3) is 3.21. The number of anilines is 1. The number of benzene rings is 1. The third-order valence-electron chi connectivity index (χ3n) is 2.29. The van der Waals surface area contributed by atoms with Crippen LogP contribution in [0.25, 0.3) is 0 Å². The Labute approximate surface area is 110 Å². The zero-order valence-corrected chi connectivity index (χ0v) is 10.5. The molecule has 2 aromatic rings. The first-order chi connectivity index (χ1) is 8.65. The summed E-state index contributed by atoms with van der Waals surface area (Å²) in [6.45, 7) is 1.86. The van der Waals surface area contributed by atoms with E-state index in [0.29, 0.717) is 16.3 Å². The van der Waals surface area contributed by atoms with Gasteiger partial charge < -0.3 is 0 Å². The summed E-state index contributed by atoms with van der Waals surface area (Å²) < 4.78 is 0. The molecule has 0 bridgehead atoms. The molecule has 0 saturated carbocycles. The van der Waals surface area contributed by atoms with E-state index in [9.17, 15) is 4.79 Å². The van der Waals surface area contributed by atoms with Crippen molar-refractivity contribution in [3.63, 3.8) is 0 Å². The molecule has 1 aromatic carbocycles. The van der Waals surface area contributed by atoms with Gasteiger partial charge in [-0.2, -0.15) is 0 Å². The van der Waals surface area contributed by atoms with E-state index in [1.54, 1.807) is 36.4 Å². The largest absolute Gasteiger partial charge is 0.295 e. The van der Waals surface area contributed by atoms with Gasteiger partial charge in [0.15, 0.2) is 0 Å². The number of rotatable bonds is 3. The molecule has 0 fully saturated rings. The zero-order valence-electron chi connectivity index (χ0n) is 9.72. The molecule has 0 spiro atoms. The molecule has 4 nitrogen and oxygen atoms in total. The van der Waals surface area contributed by atoms with Crippen LogP contribution in [0.15, 0.2) is 42.6 Å². The van der Waals surface area contributed by atoms with E-state index >= 15 is 0 Å². The average Bonchev–Trinajstić information content (AvgIpc) is 2.38. The van der Waals surface area contributed by atoms with Crippen molar-refractivity contribution in [2.45, 2.75) is 6.92 Å². The summed E-state index contributed by atoms with van der Waals surface area (Å²) in [5.74, 6) is -0.363. The summed E-state index contributed by atoms with van der Waals surface area (Å²) in [6, 6.07) is 10.4. The minimum Gasteiger partial charge on any atom is -0.275 e. The van der Waals surface area contributed by atoms with Crippen LogP contribution in [-0.4, -0.2) is 10.9 Å². The van der Waals surface area contributed by atoms with Gasteiger partial charge in [-0.05, 0) is 43.3 Å². The fraction of sp³-hybridized carbons (Fsp3) is 0.0769. The maximum Gasteiger partial charge on any atom is 0.295 e. The third-order valence-corrected chi connectivity index (χ3v) is 2.54. The molecule has 0 saturated heterocycles. The molecule has 0 aliphatic rings. The topological polar surface area (TPSA) is 56.1 Å². The van der Waals surface area contributed by atoms with E-state index in [0.717, 1.165) is 5.69 Å². The molecule has 0 atom stereocenters. The van der Waals surface area contributed by atoms with Crippen molar-refractivity contribution in [1.82, 2.24) is 10.4 Å². The lowest BCUT2D eigenvalue weighted by Crippen LogP contribution is -2.21. The van der Waals surface area contributed by atoms with Crippen LogP contribution in [0.4, 0.5) is 5.69 Å². The van der Waals surface area contributed by atoms with Crippen LogP contribution in [0.3, 0.4) is 0 Å². The SMILES string of the molecule is Cc1ccc(C(=O)[N]Nc2ccc(Cl)cc2)cn1. The van der Waals surface area contributed by atoms with Gasteiger partial charge in [-0.1, -0.05) is 11.6 Å². The Bertz CT molecular complexity index is 537. The number of hydrogen-bond donors (Lipinski definition) is 1. The number of nitrogens with one attached hydrogen (secondary N) is 1. The van der Waals surface area contributed by atoms with E-state index in [2.05, 4.69) is 15.8 Å². The second kappa shape index (κ2) is 5.51. The maximum absolute atomic E-state index is 11.7. The lowest BCUT2D eigenvalue weighted by molar-refractivity contribution is 0.0958. The molecule has 5 heteroatoms. The van der Waals surface area contributed by atoms with Crippen LogP contribution in [0.5, 0.6) is 0 Å². The Hall–Kier alpha value is -2.07. The Morgan fingerprint density at radius 2 is 1.94 bits per heavy atom. The van der Waals surface area contributed by atoms with Crippen molar-refractivity contribution in [2.24, 2.45) is 0 Å². The predicted octanol–water partition coefficient (Wildman–Crippen LogP) is 2.82. The summed E-state index contributed by atoms with van der Waals surface area (Å²) in [5, 5.41) is 0.634. The highest BCUT2D eigenvalue weighted by Crippen LogP contribution is 2.12. The van der Waals surface area contributed by atoms with Gasteiger partial charge in [-0.3, -0.25) is 15.2 Å². The Morgan fingerprint density at radius 1 is 1.22 bits per heavy atom. The number of pyridine rings is 1. The Kier molecular flexibility index (Phi) is 3.79. The van der Waals surface area contributed by atoms with Gasteiger partial charge >= 0.3 is 0 Å². The van der Waals surface area contributed by atoms with E-state index in [1.807, 2.05) is 6.92 Å². The molecule has 0 aliphatic heterocycles. The second-order valence-corrected chi connectivity index (χ2v) is 4.16. The van der Waals surface area contributed by atoms with Crippen LogP contribution in [0.1, 0.15) is 16.1 Å². The molecule has 1 radical (unpaired) electrons. The molecule has 1 aromatic heterocycles. The lowest BCUT2D eigenvalue weighted by atomic mass is 10.2. The summed E-state index contributed by atoms with van der Waals surface area (Å²) in [6.07, 6.45) is 1.50. The first-order valence-electron chi connectivity index (χ1n) is 5.34. The number of aromatic nitrogens is 1. The highest BCUT2D eigenvalue weighted by molar-refractivity contribution is 6.30. The van der Waals surface area contributed by atoms with Gasteiger partial charge in [0.25, 0.3) is 5.91 Å². The smallest absolute Gasteiger partial charge is 0.275 e. The average molecular weight is 261 g/mol. The van der Waals surface area contributed by atoms with Crippen LogP contribution in [-0.2, 0) is 0 Å². The first-order valence-corrected chi connectivity index (χ1v) is 5.72. The minimum absolute atomic E-state index is 0.363. The number of nitrogens with zero attached hydrogens (tertiary/aromatic N) is 2. The van der Waals surface area contributed by atoms with Crippen LogP contribution >= 0.6 is 11.6 Å². The summed E-state index contributed by atoms with van der Waals surface area (Å²) >= 11 is 5.75. The van der Waals surface area contributed by atoms with Crippen LogP contribution in [0.2, 0.25) is 5.02 Å². The number of carbonyl (C=O) groups excluding carboxylic acids is 1. The molecule has 1 amide bonds. The van der Waals surface area contributed by atoms with Crippen molar-refractivity contribution < 1.29 is 4.79 Å². The van der Waals surface area contributed by atoms with E-state index in [1.165, 1.54) is 6.20 Å². The summed E-state index contributed by atoms with van der Waals surface area (Å²) in [7, 11) is 0. The number of amides is 1. The molecule has 1 N–H and O–H groups in total. The van der Waals surface area contributed by atoms with E-state index in [-0.39, 0.29) is 5.91 Å². The molecule has 0 aliphatic carbocycles. The maximum atomic E-state index is 11.7. The van der Waals surface area contributed by atoms with Gasteiger partial charge in [-0.15, -0.1) is 5.43 Å². The molecule has 2 rings (SSSR count). The Balaban J connectivity index is 1.96. The van der Waals surface area contributed by atoms with Gasteiger partial charge in [0.2, 0.25) is 0 Å². The molecule has 91 valence electrons. The number of halogens is 1. The molecule has 0 unspecified atom stereocenters. The predicted molar refractivity (Wildman–Crippen MR) is 70.5 cm³/mol. The molecular weight excluding hydrogens is 250 g/mol. The van der Waals surface area contributed by atoms with Crippen molar-refractivity contribution in [1.29, 1.82) is 0 Å². The highest BCUT2D eigenvalue weighted by Gasteiger charge is 2.06. The second-order valence-electron chi connectivity index (χ2n) is 3.72. The van der Waals surface area contributed by atoms with E-state index < -0.39 is 0 Å². The minimum atomic E-state index is -0.363. The number of hydrogen-bond acceptors (Lipinski definition) is 3. The fourth-order valence-corrected chi connectivity index (χ4v) is 1.42. The quantitative estimate of drug-likeness (QED) is 0.864. The van der Waals surface area contributed by atoms with Gasteiger partial charge in [-0.25, -0.2) is 0 Å². The zero-order chi connectivity index (χ0) is 13.0. The molecular formula is C13H11ClN3O. The molecule has 1 heterocycles. The van der Waals surface area contributed by atoms with Crippen LogP contribution in [0, 0.1) is 6.92 Å². The summed E-state index contributed by atoms with van der Waals surface area (Å²) in [5.41, 5.74) is 8.43. The van der Waals surface area contributed by atoms with Crippen molar-refractivity contribution in [3.05, 3.63) is 58.9 Å². The normalized spacial score (nSPS) is 9.89. The van der Waals surface area contributed by atoms with Gasteiger partial charge in [0, 0.05) is 16.9 Å². The van der Waals surface area contributed by atoms with Crippen LogP contribution < -0.4 is 10.9 Å². The molecule has 18 heavy (non-hydrogen) atoms. The van der Waals surface area contributed by atoms with E-state index in [4.69, 9.17) is 11.6 Å². The van der Waals surface area contributed by atoms with Gasteiger partial charge in [0.1, 0.15) is 0 Å². The summed E-state index contributed by atoms with van der Waals surface area (Å²) in [4.78, 5) is 15.7. The Morgan fingerprint density at radius 3 is 2.56 bits per heavy atom. The van der Waals surface area contributed by atoms with Gasteiger partial charge in [0.05, 0.1) is 11.3 Å². The lowest BCUT2D eigenvalue weighted by Gasteiger charge is -2.05. The first kappa shape index (κ1) is 12.4. The fourth-order valence-electron chi connectivity index (χ4n) is 1.30. The standard InChI is InChI=1S/C13H11ClN3O/c1-9-2-3-10(8-15-9)13(18)17-16-12-6-4-11(14)5-7-12/h2-8,16H,1H3. The van der Waals surface area contributed by atoms with Crippen molar-refractivity contribution in [2.75, 3.05) is 5.43 Å². The highest BCUT2D eigenvalue weighted by atomic mass is 35.5. The van der Waals surface area contributed by atoms with Crippen molar-refractivity contribution in [3.8, 4) is 0 Å².